The fourth-order valence-electron chi connectivity index (χ4n) is 3.12. The van der Waals surface area contributed by atoms with Crippen LogP contribution in [-0.4, -0.2) is 66.5 Å². The molecule has 0 aromatic heterocycles. The molecule has 2 fully saturated rings. The summed E-state index contributed by atoms with van der Waals surface area (Å²) in [4.78, 5) is 28.1. The number of rotatable bonds is 3. The number of nitrogens with zero attached hydrogens (tertiary/aromatic N) is 2. The van der Waals surface area contributed by atoms with Crippen LogP contribution < -0.4 is 10.6 Å². The lowest BCUT2D eigenvalue weighted by atomic mass is 9.92. The number of amides is 3. The van der Waals surface area contributed by atoms with Crippen molar-refractivity contribution in [3.8, 4) is 0 Å². The van der Waals surface area contributed by atoms with E-state index >= 15 is 0 Å². The van der Waals surface area contributed by atoms with Gasteiger partial charge in [0.2, 0.25) is 5.91 Å². The van der Waals surface area contributed by atoms with E-state index in [1.54, 1.807) is 4.90 Å². The SMILES string of the molecule is CCNC(=O)N1CCN(C(=O)C2(CC)CCCN2)CC1. The number of hydrogen-bond acceptors (Lipinski definition) is 3. The van der Waals surface area contributed by atoms with E-state index in [1.807, 2.05) is 11.8 Å². The molecule has 20 heavy (non-hydrogen) atoms. The second-order valence-electron chi connectivity index (χ2n) is 5.58. The van der Waals surface area contributed by atoms with Crippen molar-refractivity contribution in [3.63, 3.8) is 0 Å². The summed E-state index contributed by atoms with van der Waals surface area (Å²) in [5.41, 5.74) is -0.353. The summed E-state index contributed by atoms with van der Waals surface area (Å²) in [6.45, 7) is 8.07. The van der Waals surface area contributed by atoms with Crippen LogP contribution in [0.4, 0.5) is 4.79 Å². The van der Waals surface area contributed by atoms with Gasteiger partial charge >= 0.3 is 6.03 Å². The highest BCUT2D eigenvalue weighted by Gasteiger charge is 2.42. The third-order valence-corrected chi connectivity index (χ3v) is 4.44. The average Bonchev–Trinajstić information content (AvgIpc) is 2.97. The Morgan fingerprint density at radius 3 is 2.30 bits per heavy atom. The largest absolute Gasteiger partial charge is 0.338 e. The maximum Gasteiger partial charge on any atom is 0.317 e. The van der Waals surface area contributed by atoms with Gasteiger partial charge in [-0.05, 0) is 32.7 Å². The molecule has 0 saturated carbocycles. The van der Waals surface area contributed by atoms with Gasteiger partial charge in [0.15, 0.2) is 0 Å². The molecule has 6 heteroatoms. The van der Waals surface area contributed by atoms with E-state index in [2.05, 4.69) is 17.6 Å². The smallest absolute Gasteiger partial charge is 0.317 e. The van der Waals surface area contributed by atoms with Gasteiger partial charge in [0, 0.05) is 32.7 Å². The van der Waals surface area contributed by atoms with Crippen molar-refractivity contribution >= 4 is 11.9 Å². The minimum Gasteiger partial charge on any atom is -0.338 e. The molecule has 0 aromatic carbocycles. The molecule has 114 valence electrons. The first-order valence-electron chi connectivity index (χ1n) is 7.70. The lowest BCUT2D eigenvalue weighted by molar-refractivity contribution is -0.139. The maximum atomic E-state index is 12.7. The number of carbonyl (C=O) groups is 2. The molecule has 1 atom stereocenters. The minimum absolute atomic E-state index is 0.0243. The van der Waals surface area contributed by atoms with E-state index in [4.69, 9.17) is 0 Å². The second kappa shape index (κ2) is 6.43. The standard InChI is InChI=1S/C14H26N4O2/c1-3-14(6-5-7-16-14)12(19)17-8-10-18(11-9-17)13(20)15-4-2/h16H,3-11H2,1-2H3,(H,15,20). The molecule has 2 N–H and O–H groups in total. The molecule has 0 bridgehead atoms. The highest BCUT2D eigenvalue weighted by atomic mass is 16.2. The van der Waals surface area contributed by atoms with Gasteiger partial charge in [0.1, 0.15) is 0 Å². The van der Waals surface area contributed by atoms with Gasteiger partial charge in [-0.2, -0.15) is 0 Å². The summed E-state index contributed by atoms with van der Waals surface area (Å²) in [6, 6.07) is -0.0243. The van der Waals surface area contributed by atoms with E-state index in [0.717, 1.165) is 25.8 Å². The summed E-state index contributed by atoms with van der Waals surface area (Å²) in [6.07, 6.45) is 2.83. The molecule has 2 aliphatic heterocycles. The van der Waals surface area contributed by atoms with E-state index in [-0.39, 0.29) is 17.5 Å². The number of urea groups is 1. The Bertz CT molecular complexity index is 358. The lowest BCUT2D eigenvalue weighted by Crippen LogP contribution is -2.60. The van der Waals surface area contributed by atoms with Crippen molar-refractivity contribution in [1.82, 2.24) is 20.4 Å². The number of piperazine rings is 1. The van der Waals surface area contributed by atoms with Crippen LogP contribution in [0.25, 0.3) is 0 Å². The molecule has 6 nitrogen and oxygen atoms in total. The highest BCUT2D eigenvalue weighted by Crippen LogP contribution is 2.26. The van der Waals surface area contributed by atoms with Gasteiger partial charge in [-0.3, -0.25) is 4.79 Å². The van der Waals surface area contributed by atoms with Crippen molar-refractivity contribution < 1.29 is 9.59 Å². The Labute approximate surface area is 120 Å². The number of carbonyl (C=O) groups excluding carboxylic acids is 2. The van der Waals surface area contributed by atoms with E-state index in [1.165, 1.54) is 0 Å². The molecular formula is C14H26N4O2. The second-order valence-corrected chi connectivity index (χ2v) is 5.58. The molecule has 3 amide bonds. The van der Waals surface area contributed by atoms with Crippen LogP contribution in [0.1, 0.15) is 33.1 Å². The molecular weight excluding hydrogens is 256 g/mol. The first-order chi connectivity index (χ1) is 9.63. The zero-order valence-electron chi connectivity index (χ0n) is 12.6. The van der Waals surface area contributed by atoms with E-state index in [9.17, 15) is 9.59 Å². The first-order valence-corrected chi connectivity index (χ1v) is 7.70. The Morgan fingerprint density at radius 2 is 1.80 bits per heavy atom. The molecule has 1 unspecified atom stereocenters. The van der Waals surface area contributed by atoms with Gasteiger partial charge in [-0.25, -0.2) is 4.79 Å². The molecule has 2 saturated heterocycles. The molecule has 0 aromatic rings. The van der Waals surface area contributed by atoms with E-state index in [0.29, 0.717) is 32.7 Å². The summed E-state index contributed by atoms with van der Waals surface area (Å²) in [7, 11) is 0. The van der Waals surface area contributed by atoms with Crippen molar-refractivity contribution in [2.45, 2.75) is 38.6 Å². The normalized spacial score (nSPS) is 26.7. The fourth-order valence-corrected chi connectivity index (χ4v) is 3.12. The van der Waals surface area contributed by atoms with Crippen molar-refractivity contribution in [2.75, 3.05) is 39.3 Å². The Kier molecular flexibility index (Phi) is 4.86. The fraction of sp³-hybridized carbons (Fsp3) is 0.857. The summed E-state index contributed by atoms with van der Waals surface area (Å²) < 4.78 is 0. The molecule has 2 rings (SSSR count). The molecule has 0 spiro atoms. The van der Waals surface area contributed by atoms with Crippen LogP contribution in [0, 0.1) is 0 Å². The van der Waals surface area contributed by atoms with Crippen molar-refractivity contribution in [1.29, 1.82) is 0 Å². The van der Waals surface area contributed by atoms with E-state index < -0.39 is 0 Å². The van der Waals surface area contributed by atoms with Gasteiger partial charge < -0.3 is 20.4 Å². The number of nitrogens with one attached hydrogen (secondary N) is 2. The first kappa shape index (κ1) is 15.1. The molecule has 0 radical (unpaired) electrons. The topological polar surface area (TPSA) is 64.7 Å². The molecule has 2 aliphatic rings. The molecule has 0 aliphatic carbocycles. The van der Waals surface area contributed by atoms with Crippen LogP contribution in [0.5, 0.6) is 0 Å². The summed E-state index contributed by atoms with van der Waals surface area (Å²) in [5.74, 6) is 0.216. The van der Waals surface area contributed by atoms with Crippen LogP contribution in [0.2, 0.25) is 0 Å². The van der Waals surface area contributed by atoms with Crippen LogP contribution in [0.15, 0.2) is 0 Å². The highest BCUT2D eigenvalue weighted by molar-refractivity contribution is 5.87. The minimum atomic E-state index is -0.353. The van der Waals surface area contributed by atoms with Gasteiger partial charge in [-0.1, -0.05) is 6.92 Å². The monoisotopic (exact) mass is 282 g/mol. The quantitative estimate of drug-likeness (QED) is 0.787. The predicted octanol–water partition coefficient (Wildman–Crippen LogP) is 0.392. The zero-order valence-corrected chi connectivity index (χ0v) is 12.6. The van der Waals surface area contributed by atoms with Crippen LogP contribution >= 0.6 is 0 Å². The number of hydrogen-bond donors (Lipinski definition) is 2. The Morgan fingerprint density at radius 1 is 1.15 bits per heavy atom. The summed E-state index contributed by atoms with van der Waals surface area (Å²) >= 11 is 0. The summed E-state index contributed by atoms with van der Waals surface area (Å²) in [5, 5.41) is 6.19. The predicted molar refractivity (Wildman–Crippen MR) is 77.5 cm³/mol. The van der Waals surface area contributed by atoms with Gasteiger partial charge in [0.25, 0.3) is 0 Å². The van der Waals surface area contributed by atoms with Gasteiger partial charge in [-0.15, -0.1) is 0 Å². The average molecular weight is 282 g/mol. The third-order valence-electron chi connectivity index (χ3n) is 4.44. The lowest BCUT2D eigenvalue weighted by Gasteiger charge is -2.39. The van der Waals surface area contributed by atoms with Crippen molar-refractivity contribution in [2.24, 2.45) is 0 Å². The third kappa shape index (κ3) is 2.90. The van der Waals surface area contributed by atoms with Crippen LogP contribution in [-0.2, 0) is 4.79 Å². The van der Waals surface area contributed by atoms with Crippen LogP contribution in [0.3, 0.4) is 0 Å². The zero-order chi connectivity index (χ0) is 14.6. The van der Waals surface area contributed by atoms with Crippen molar-refractivity contribution in [3.05, 3.63) is 0 Å². The Hall–Kier alpha value is -1.30. The molecule has 2 heterocycles. The maximum absolute atomic E-state index is 12.7. The Balaban J connectivity index is 1.90. The van der Waals surface area contributed by atoms with Gasteiger partial charge in [0.05, 0.1) is 5.54 Å².